The zero-order valence-electron chi connectivity index (χ0n) is 11.9. The van der Waals surface area contributed by atoms with E-state index in [0.29, 0.717) is 12.0 Å². The fourth-order valence-corrected chi connectivity index (χ4v) is 4.02. The second-order valence-electron chi connectivity index (χ2n) is 6.18. The van der Waals surface area contributed by atoms with Crippen LogP contribution in [-0.2, 0) is 11.2 Å². The molecule has 0 unspecified atom stereocenters. The first-order valence-corrected chi connectivity index (χ1v) is 7.78. The minimum atomic E-state index is -0.632. The summed E-state index contributed by atoms with van der Waals surface area (Å²) in [6.07, 6.45) is 6.75. The predicted molar refractivity (Wildman–Crippen MR) is 78.6 cm³/mol. The molecular weight excluding hydrogens is 250 g/mol. The van der Waals surface area contributed by atoms with Crippen LogP contribution in [0.2, 0.25) is 0 Å². The molecule has 0 spiro atoms. The number of likely N-dealkylation sites (tertiary alicyclic amines) is 1. The van der Waals surface area contributed by atoms with Crippen LogP contribution in [-0.4, -0.2) is 34.6 Å². The van der Waals surface area contributed by atoms with Crippen LogP contribution in [0.5, 0.6) is 0 Å². The Balaban J connectivity index is 1.69. The van der Waals surface area contributed by atoms with Crippen LogP contribution in [0.3, 0.4) is 0 Å². The summed E-state index contributed by atoms with van der Waals surface area (Å²) in [5.74, 6) is -0.0203. The third-order valence-electron chi connectivity index (χ3n) is 5.01. The zero-order chi connectivity index (χ0) is 13.9. The van der Waals surface area contributed by atoms with E-state index in [4.69, 9.17) is 0 Å². The third kappa shape index (κ3) is 2.73. The lowest BCUT2D eigenvalue weighted by Crippen LogP contribution is -2.43. The lowest BCUT2D eigenvalue weighted by atomic mass is 9.84. The minimum absolute atomic E-state index is 0.258. The summed E-state index contributed by atoms with van der Waals surface area (Å²) < 4.78 is 0. The highest BCUT2D eigenvalue weighted by Gasteiger charge is 2.44. The summed E-state index contributed by atoms with van der Waals surface area (Å²) in [5, 5.41) is 9.49. The quantitative estimate of drug-likeness (QED) is 0.917. The molecule has 1 saturated heterocycles. The molecule has 1 aromatic rings. The van der Waals surface area contributed by atoms with Gasteiger partial charge >= 0.3 is 5.97 Å². The van der Waals surface area contributed by atoms with Crippen LogP contribution in [0.25, 0.3) is 0 Å². The van der Waals surface area contributed by atoms with E-state index < -0.39 is 5.97 Å². The molecule has 108 valence electrons. The Kier molecular flexibility index (Phi) is 4.06. The summed E-state index contributed by atoms with van der Waals surface area (Å²) >= 11 is 0. The van der Waals surface area contributed by atoms with Gasteiger partial charge in [-0.2, -0.15) is 0 Å². The molecule has 0 radical (unpaired) electrons. The largest absolute Gasteiger partial charge is 0.480 e. The van der Waals surface area contributed by atoms with Gasteiger partial charge in [-0.05, 0) is 37.2 Å². The van der Waals surface area contributed by atoms with Crippen molar-refractivity contribution < 1.29 is 9.90 Å². The lowest BCUT2D eigenvalue weighted by molar-refractivity contribution is -0.142. The highest BCUT2D eigenvalue weighted by molar-refractivity contribution is 5.74. The van der Waals surface area contributed by atoms with Gasteiger partial charge in [0, 0.05) is 12.6 Å². The van der Waals surface area contributed by atoms with Crippen molar-refractivity contribution in [2.45, 2.75) is 50.6 Å². The third-order valence-corrected chi connectivity index (χ3v) is 5.01. The fraction of sp³-hybridized carbons (Fsp3) is 0.588. The Morgan fingerprint density at radius 1 is 1.20 bits per heavy atom. The molecule has 1 aliphatic carbocycles. The monoisotopic (exact) mass is 273 g/mol. The molecule has 1 heterocycles. The van der Waals surface area contributed by atoms with E-state index >= 15 is 0 Å². The maximum atomic E-state index is 11.5. The molecule has 0 amide bonds. The highest BCUT2D eigenvalue weighted by atomic mass is 16.4. The average Bonchev–Trinajstić information content (AvgIpc) is 2.85. The molecule has 1 saturated carbocycles. The fourth-order valence-electron chi connectivity index (χ4n) is 4.02. The van der Waals surface area contributed by atoms with Gasteiger partial charge in [0.2, 0.25) is 0 Å². The molecule has 1 N–H and O–H groups in total. The van der Waals surface area contributed by atoms with Crippen molar-refractivity contribution in [2.24, 2.45) is 5.92 Å². The van der Waals surface area contributed by atoms with Crippen LogP contribution in [0.1, 0.15) is 37.7 Å². The van der Waals surface area contributed by atoms with E-state index in [1.54, 1.807) is 0 Å². The van der Waals surface area contributed by atoms with Crippen molar-refractivity contribution in [1.29, 1.82) is 0 Å². The number of benzene rings is 1. The van der Waals surface area contributed by atoms with E-state index in [-0.39, 0.29) is 6.04 Å². The number of carbonyl (C=O) groups is 1. The van der Waals surface area contributed by atoms with Gasteiger partial charge in [-0.1, -0.05) is 43.2 Å². The van der Waals surface area contributed by atoms with Crippen molar-refractivity contribution in [2.75, 3.05) is 6.54 Å². The standard InChI is InChI=1S/C17H23NO2/c19-17(20)16-12-14-8-4-5-9-15(14)18(16)11-10-13-6-2-1-3-7-13/h1-3,6-7,14-16H,4-5,8-12H2,(H,19,20)/t14-,15-,16+/m1/s1. The van der Waals surface area contributed by atoms with Crippen LogP contribution in [0.4, 0.5) is 0 Å². The first-order valence-electron chi connectivity index (χ1n) is 7.78. The molecule has 20 heavy (non-hydrogen) atoms. The maximum absolute atomic E-state index is 11.5. The summed E-state index contributed by atoms with van der Waals surface area (Å²) in [6.45, 7) is 0.877. The van der Waals surface area contributed by atoms with E-state index in [9.17, 15) is 9.90 Å². The number of carboxylic acid groups (broad SMARTS) is 1. The van der Waals surface area contributed by atoms with Gasteiger partial charge < -0.3 is 5.11 Å². The van der Waals surface area contributed by atoms with Crippen LogP contribution in [0.15, 0.2) is 30.3 Å². The van der Waals surface area contributed by atoms with E-state index in [0.717, 1.165) is 19.4 Å². The summed E-state index contributed by atoms with van der Waals surface area (Å²) in [7, 11) is 0. The molecule has 3 nitrogen and oxygen atoms in total. The van der Waals surface area contributed by atoms with Gasteiger partial charge in [-0.25, -0.2) is 0 Å². The normalized spacial score (nSPS) is 30.1. The molecule has 3 rings (SSSR count). The van der Waals surface area contributed by atoms with Crippen molar-refractivity contribution in [3.05, 3.63) is 35.9 Å². The van der Waals surface area contributed by atoms with Gasteiger partial charge in [-0.15, -0.1) is 0 Å². The summed E-state index contributed by atoms with van der Waals surface area (Å²) in [5.41, 5.74) is 1.30. The Labute approximate surface area is 120 Å². The molecule has 1 aliphatic heterocycles. The van der Waals surface area contributed by atoms with Crippen molar-refractivity contribution in [3.63, 3.8) is 0 Å². The van der Waals surface area contributed by atoms with Gasteiger partial charge in [0.1, 0.15) is 6.04 Å². The number of rotatable bonds is 4. The van der Waals surface area contributed by atoms with Crippen molar-refractivity contribution in [1.82, 2.24) is 4.90 Å². The molecular formula is C17H23NO2. The van der Waals surface area contributed by atoms with E-state index in [1.165, 1.54) is 31.2 Å². The van der Waals surface area contributed by atoms with Gasteiger partial charge in [0.15, 0.2) is 0 Å². The van der Waals surface area contributed by atoms with Gasteiger partial charge in [0.05, 0.1) is 0 Å². The second kappa shape index (κ2) is 5.96. The second-order valence-corrected chi connectivity index (χ2v) is 6.18. The van der Waals surface area contributed by atoms with Crippen LogP contribution < -0.4 is 0 Å². The first-order chi connectivity index (χ1) is 9.75. The minimum Gasteiger partial charge on any atom is -0.480 e. The van der Waals surface area contributed by atoms with Gasteiger partial charge in [0.25, 0.3) is 0 Å². The number of hydrogen-bond donors (Lipinski definition) is 1. The summed E-state index contributed by atoms with van der Waals surface area (Å²) in [6, 6.07) is 10.6. The van der Waals surface area contributed by atoms with Gasteiger partial charge in [-0.3, -0.25) is 9.69 Å². The SMILES string of the molecule is O=C(O)[C@@H]1C[C@H]2CCCC[C@H]2N1CCc1ccccc1. The molecule has 1 aromatic carbocycles. The molecule has 2 aliphatic rings. The molecule has 0 aromatic heterocycles. The Hall–Kier alpha value is -1.35. The Morgan fingerprint density at radius 3 is 2.70 bits per heavy atom. The smallest absolute Gasteiger partial charge is 0.320 e. The van der Waals surface area contributed by atoms with Crippen molar-refractivity contribution >= 4 is 5.97 Å². The van der Waals surface area contributed by atoms with E-state index in [1.807, 2.05) is 6.07 Å². The Morgan fingerprint density at radius 2 is 1.95 bits per heavy atom. The molecule has 0 bridgehead atoms. The molecule has 2 fully saturated rings. The lowest BCUT2D eigenvalue weighted by Gasteiger charge is -2.33. The number of nitrogens with zero attached hydrogens (tertiary/aromatic N) is 1. The number of fused-ring (bicyclic) bond motifs is 1. The molecule has 3 heteroatoms. The highest BCUT2D eigenvalue weighted by Crippen LogP contribution is 2.39. The first kappa shape index (κ1) is 13.6. The number of carboxylic acids is 1. The predicted octanol–water partition coefficient (Wildman–Crippen LogP) is 2.95. The Bertz CT molecular complexity index is 459. The maximum Gasteiger partial charge on any atom is 0.320 e. The topological polar surface area (TPSA) is 40.5 Å². The number of aliphatic carboxylic acids is 1. The van der Waals surface area contributed by atoms with Crippen LogP contribution >= 0.6 is 0 Å². The average molecular weight is 273 g/mol. The molecule has 3 atom stereocenters. The summed E-state index contributed by atoms with van der Waals surface area (Å²) in [4.78, 5) is 13.8. The van der Waals surface area contributed by atoms with E-state index in [2.05, 4.69) is 29.2 Å². The number of hydrogen-bond acceptors (Lipinski definition) is 2. The zero-order valence-corrected chi connectivity index (χ0v) is 11.9. The van der Waals surface area contributed by atoms with Crippen LogP contribution in [0, 0.1) is 5.92 Å². The van der Waals surface area contributed by atoms with Crippen molar-refractivity contribution in [3.8, 4) is 0 Å².